The number of rotatable bonds is 8. The van der Waals surface area contributed by atoms with Gasteiger partial charge in [-0.25, -0.2) is 13.2 Å². The molecule has 0 saturated carbocycles. The van der Waals surface area contributed by atoms with Gasteiger partial charge in [0.2, 0.25) is 12.0 Å². The Balaban J connectivity index is 1.87. The highest BCUT2D eigenvalue weighted by Crippen LogP contribution is 2.42. The van der Waals surface area contributed by atoms with Crippen LogP contribution in [0.1, 0.15) is 0 Å². The van der Waals surface area contributed by atoms with Crippen LogP contribution < -0.4 is 10.2 Å². The first-order chi connectivity index (χ1) is 18.6. The summed E-state index contributed by atoms with van der Waals surface area (Å²) in [6.45, 7) is 0. The maximum atomic E-state index is 12.8. The smallest absolute Gasteiger partial charge is 0.397 e. The normalized spacial score (nSPS) is 23.6. The number of hydrogen-bond donors (Lipinski definition) is 6. The Labute approximate surface area is 223 Å². The van der Waals surface area contributed by atoms with Crippen molar-refractivity contribution in [2.75, 3.05) is 0 Å². The number of benzene rings is 2. The number of hydrogen-bond acceptors (Lipinski definition) is 14. The van der Waals surface area contributed by atoms with E-state index in [9.17, 15) is 51.4 Å². The maximum Gasteiger partial charge on any atom is 0.397 e. The van der Waals surface area contributed by atoms with E-state index < -0.39 is 91.1 Å². The van der Waals surface area contributed by atoms with Crippen molar-refractivity contribution >= 4 is 37.7 Å². The Bertz CT molecular complexity index is 1720. The predicted octanol–water partition coefficient (Wildman–Crippen LogP) is -0.204. The van der Waals surface area contributed by atoms with Crippen molar-refractivity contribution in [3.05, 3.63) is 52.7 Å². The molecule has 5 atom stereocenters. The fraction of sp³-hybridized carbons (Fsp3) is 0.238. The molecule has 1 aliphatic rings. The van der Waals surface area contributed by atoms with Gasteiger partial charge in [-0.05, 0) is 0 Å². The van der Waals surface area contributed by atoms with E-state index in [0.717, 1.165) is 6.07 Å². The summed E-state index contributed by atoms with van der Waals surface area (Å²) >= 11 is 0. The highest BCUT2D eigenvalue weighted by Gasteiger charge is 2.54. The van der Waals surface area contributed by atoms with Gasteiger partial charge in [-0.3, -0.25) is 13.9 Å². The summed E-state index contributed by atoms with van der Waals surface area (Å²) in [4.78, 5) is 24.6. The molecule has 1 fully saturated rings. The molecule has 0 amide bonds. The molecule has 6 N–H and O–H groups in total. The third-order valence-corrected chi connectivity index (χ3v) is 6.37. The molecule has 1 aliphatic heterocycles. The van der Waals surface area contributed by atoms with E-state index in [1.54, 1.807) is 18.2 Å². The number of carbonyl (C=O) groups is 1. The Morgan fingerprint density at radius 1 is 0.900 bits per heavy atom. The van der Waals surface area contributed by atoms with Crippen LogP contribution in [-0.2, 0) is 38.7 Å². The van der Waals surface area contributed by atoms with Gasteiger partial charge in [0.1, 0.15) is 29.1 Å². The van der Waals surface area contributed by atoms with Crippen LogP contribution in [0.4, 0.5) is 0 Å². The highest BCUT2D eigenvalue weighted by molar-refractivity contribution is 7.81. The van der Waals surface area contributed by atoms with Crippen LogP contribution in [0.25, 0.3) is 22.3 Å². The number of aromatic hydroxyl groups is 2. The molecule has 1 aromatic heterocycles. The molecule has 216 valence electrons. The molecule has 0 bridgehead atoms. The van der Waals surface area contributed by atoms with E-state index in [1.807, 2.05) is 0 Å². The zero-order valence-corrected chi connectivity index (χ0v) is 21.1. The minimum Gasteiger partial charge on any atom is -0.507 e. The summed E-state index contributed by atoms with van der Waals surface area (Å²) in [6, 6.07) is 9.56. The van der Waals surface area contributed by atoms with E-state index in [2.05, 4.69) is 8.37 Å². The lowest BCUT2D eigenvalue weighted by atomic mass is 9.99. The monoisotopic (exact) mass is 606 g/mol. The van der Waals surface area contributed by atoms with Gasteiger partial charge < -0.3 is 34.3 Å². The first kappa shape index (κ1) is 29.2. The quantitative estimate of drug-likeness (QED) is 0.181. The summed E-state index contributed by atoms with van der Waals surface area (Å²) in [7, 11) is -11.0. The van der Waals surface area contributed by atoms with Crippen LogP contribution in [0.2, 0.25) is 0 Å². The molecule has 2 aromatic carbocycles. The SMILES string of the molecule is O=C(O)[C@H]1O[C@@H](Oc2c(O)cc(O)c3c(=O)cc(-c4ccccc4)oc23)[C@H](OS(=O)(=O)O)[C@@H](O)[C@@H]1OS(=O)(=O)O. The van der Waals surface area contributed by atoms with Gasteiger partial charge in [-0.15, -0.1) is 0 Å². The Morgan fingerprint density at radius 2 is 1.50 bits per heavy atom. The van der Waals surface area contributed by atoms with Gasteiger partial charge in [0.15, 0.2) is 29.0 Å². The van der Waals surface area contributed by atoms with Crippen LogP contribution >= 0.6 is 0 Å². The van der Waals surface area contributed by atoms with Crippen molar-refractivity contribution < 1.29 is 73.4 Å². The topological polar surface area (TPSA) is 274 Å². The summed E-state index contributed by atoms with van der Waals surface area (Å²) < 4.78 is 88.0. The number of aliphatic hydroxyl groups excluding tert-OH is 1. The number of aliphatic hydroxyl groups is 1. The third kappa shape index (κ3) is 6.16. The molecular formula is C21H18O17S2. The number of ether oxygens (including phenoxy) is 2. The summed E-state index contributed by atoms with van der Waals surface area (Å²) in [5.41, 5.74) is -1.15. The molecule has 0 spiro atoms. The van der Waals surface area contributed by atoms with Gasteiger partial charge in [-0.2, -0.15) is 16.8 Å². The van der Waals surface area contributed by atoms with Gasteiger partial charge in [0, 0.05) is 17.7 Å². The van der Waals surface area contributed by atoms with E-state index >= 15 is 0 Å². The van der Waals surface area contributed by atoms with Crippen molar-refractivity contribution in [3.63, 3.8) is 0 Å². The van der Waals surface area contributed by atoms with Crippen LogP contribution in [0, 0.1) is 0 Å². The van der Waals surface area contributed by atoms with Gasteiger partial charge in [0.05, 0.1) is 0 Å². The van der Waals surface area contributed by atoms with Crippen molar-refractivity contribution in [1.82, 2.24) is 0 Å². The summed E-state index contributed by atoms with van der Waals surface area (Å²) in [5.74, 6) is -4.72. The molecule has 19 heteroatoms. The number of phenolic OH excluding ortho intramolecular Hbond substituents is 2. The molecule has 1 saturated heterocycles. The molecule has 4 rings (SSSR count). The first-order valence-electron chi connectivity index (χ1n) is 10.7. The average molecular weight is 606 g/mol. The molecular weight excluding hydrogens is 588 g/mol. The van der Waals surface area contributed by atoms with E-state index in [1.165, 1.54) is 12.1 Å². The second-order valence-electron chi connectivity index (χ2n) is 8.14. The van der Waals surface area contributed by atoms with Crippen LogP contribution in [0.5, 0.6) is 17.2 Å². The lowest BCUT2D eigenvalue weighted by molar-refractivity contribution is -0.261. The second kappa shape index (κ2) is 10.6. The Morgan fingerprint density at radius 3 is 2.08 bits per heavy atom. The molecule has 2 heterocycles. The number of phenols is 2. The van der Waals surface area contributed by atoms with E-state index in [4.69, 9.17) is 18.4 Å². The molecule has 3 aromatic rings. The standard InChI is InChI=1S/C21H18O17S2/c22-9-6-11(24)15(16-13(9)10(23)7-12(34-16)8-4-2-1-3-5-8)35-21-18(38-40(31,32)33)14(25)17(37-39(28,29)30)19(36-21)20(26)27/h1-7,14,17-19,21-22,24-25H,(H,26,27)(H,28,29,30)(H,31,32,33)/t14-,17-,18+,19-,21+/m0/s1. The van der Waals surface area contributed by atoms with E-state index in [0.29, 0.717) is 11.6 Å². The molecule has 17 nitrogen and oxygen atoms in total. The fourth-order valence-corrected chi connectivity index (χ4v) is 4.85. The van der Waals surface area contributed by atoms with Crippen molar-refractivity contribution in [2.45, 2.75) is 30.7 Å². The van der Waals surface area contributed by atoms with Crippen molar-refractivity contribution in [1.29, 1.82) is 0 Å². The predicted molar refractivity (Wildman–Crippen MR) is 127 cm³/mol. The zero-order valence-electron chi connectivity index (χ0n) is 19.4. The van der Waals surface area contributed by atoms with E-state index in [-0.39, 0.29) is 5.76 Å². The van der Waals surface area contributed by atoms with Crippen LogP contribution in [0.3, 0.4) is 0 Å². The highest BCUT2D eigenvalue weighted by atomic mass is 32.3. The largest absolute Gasteiger partial charge is 0.507 e. The third-order valence-electron chi connectivity index (χ3n) is 5.44. The maximum absolute atomic E-state index is 12.8. The first-order valence-corrected chi connectivity index (χ1v) is 13.4. The summed E-state index contributed by atoms with van der Waals surface area (Å²) in [6.07, 6.45) is -12.6. The van der Waals surface area contributed by atoms with Crippen LogP contribution in [0.15, 0.2) is 51.7 Å². The lowest BCUT2D eigenvalue weighted by Crippen LogP contribution is -2.63. The second-order valence-corrected chi connectivity index (χ2v) is 10.2. The molecule has 0 aliphatic carbocycles. The molecule has 0 radical (unpaired) electrons. The van der Waals surface area contributed by atoms with Gasteiger partial charge in [0.25, 0.3) is 0 Å². The number of carboxylic acids is 1. The minimum absolute atomic E-state index is 0.103. The zero-order chi connectivity index (χ0) is 29.6. The van der Waals surface area contributed by atoms with Crippen LogP contribution in [-0.4, -0.2) is 83.0 Å². The number of aliphatic carboxylic acids is 1. The fourth-order valence-electron chi connectivity index (χ4n) is 3.86. The lowest BCUT2D eigenvalue weighted by Gasteiger charge is -2.40. The molecule has 40 heavy (non-hydrogen) atoms. The Hall–Kier alpha value is -3.82. The Kier molecular flexibility index (Phi) is 7.75. The van der Waals surface area contributed by atoms with Crippen molar-refractivity contribution in [3.8, 4) is 28.6 Å². The average Bonchev–Trinajstić information content (AvgIpc) is 2.83. The summed E-state index contributed by atoms with van der Waals surface area (Å²) in [5, 5.41) is 40.3. The van der Waals surface area contributed by atoms with Crippen molar-refractivity contribution in [2.24, 2.45) is 0 Å². The van der Waals surface area contributed by atoms with Gasteiger partial charge >= 0.3 is 26.8 Å². The number of carboxylic acid groups (broad SMARTS) is 1. The molecule has 0 unspecified atom stereocenters. The minimum atomic E-state index is -5.51. The van der Waals surface area contributed by atoms with Gasteiger partial charge in [-0.1, -0.05) is 30.3 Å². The number of fused-ring (bicyclic) bond motifs is 1.